The number of carboxylic acids is 1. The SMILES string of the molecule is Cc1cccc(C)c1-c1cc([C@@H](CCC(=O)[C@H](CC(C)C)n2nc(CCN3CC(F)C3)c(C)c(C)c2=O)CC(=O)O)c(F)c(C(F)(F)F)c1. The number of rotatable bonds is 14. The normalized spacial score (nSPS) is 15.3. The Balaban J connectivity index is 1.72. The Bertz CT molecular complexity index is 1740. The van der Waals surface area contributed by atoms with Crippen LogP contribution < -0.4 is 5.56 Å². The van der Waals surface area contributed by atoms with Crippen molar-refractivity contribution in [1.82, 2.24) is 14.7 Å². The predicted molar refractivity (Wildman–Crippen MR) is 177 cm³/mol. The summed E-state index contributed by atoms with van der Waals surface area (Å²) in [5, 5.41) is 14.3. The van der Waals surface area contributed by atoms with E-state index in [1.807, 2.05) is 18.7 Å². The van der Waals surface area contributed by atoms with E-state index in [9.17, 15) is 37.1 Å². The fraction of sp³-hybridized carbons (Fsp3) is 0.514. The van der Waals surface area contributed by atoms with Gasteiger partial charge in [0.15, 0.2) is 5.78 Å². The van der Waals surface area contributed by atoms with E-state index in [1.165, 1.54) is 6.07 Å². The van der Waals surface area contributed by atoms with E-state index >= 15 is 4.39 Å². The Morgan fingerprint density at radius 1 is 1.04 bits per heavy atom. The molecule has 1 saturated heterocycles. The molecule has 4 rings (SSSR count). The number of hydrogen-bond acceptors (Lipinski definition) is 5. The van der Waals surface area contributed by atoms with E-state index < -0.39 is 65.0 Å². The number of ketones is 1. The number of Topliss-reactive ketones (excluding diaryl/α,β-unsaturated/α-hetero) is 1. The average molecular weight is 690 g/mol. The molecule has 0 unspecified atom stereocenters. The van der Waals surface area contributed by atoms with E-state index in [0.717, 1.165) is 10.7 Å². The summed E-state index contributed by atoms with van der Waals surface area (Å²) in [6.07, 6.45) is -6.59. The van der Waals surface area contributed by atoms with Crippen molar-refractivity contribution in [2.45, 2.75) is 98.0 Å². The fourth-order valence-electron chi connectivity index (χ4n) is 6.64. The highest BCUT2D eigenvalue weighted by Crippen LogP contribution is 2.41. The van der Waals surface area contributed by atoms with E-state index in [0.29, 0.717) is 59.6 Å². The number of carboxylic acid groups (broad SMARTS) is 1. The predicted octanol–water partition coefficient (Wildman–Crippen LogP) is 7.69. The Labute approximate surface area is 283 Å². The van der Waals surface area contributed by atoms with Crippen LogP contribution in [0.5, 0.6) is 0 Å². The van der Waals surface area contributed by atoms with Gasteiger partial charge in [0.1, 0.15) is 18.0 Å². The maximum absolute atomic E-state index is 15.8. The first-order valence-corrected chi connectivity index (χ1v) is 16.6. The first-order chi connectivity index (χ1) is 22.9. The summed E-state index contributed by atoms with van der Waals surface area (Å²) in [6, 6.07) is 6.16. The van der Waals surface area contributed by atoms with Gasteiger partial charge in [-0.2, -0.15) is 18.3 Å². The molecule has 266 valence electrons. The number of aromatic nitrogens is 2. The van der Waals surface area contributed by atoms with Gasteiger partial charge in [-0.1, -0.05) is 32.0 Å². The van der Waals surface area contributed by atoms with Crippen molar-refractivity contribution in [2.75, 3.05) is 19.6 Å². The summed E-state index contributed by atoms with van der Waals surface area (Å²) < 4.78 is 72.8. The molecule has 2 aromatic carbocycles. The van der Waals surface area contributed by atoms with Gasteiger partial charge in [-0.05, 0) is 97.9 Å². The molecule has 0 spiro atoms. The number of hydrogen-bond donors (Lipinski definition) is 1. The van der Waals surface area contributed by atoms with Crippen molar-refractivity contribution in [3.63, 3.8) is 0 Å². The third-order valence-corrected chi connectivity index (χ3v) is 9.47. The molecule has 1 aromatic heterocycles. The number of carbonyl (C=O) groups is 2. The molecular weight excluding hydrogens is 645 g/mol. The van der Waals surface area contributed by atoms with E-state index in [-0.39, 0.29) is 30.7 Å². The summed E-state index contributed by atoms with van der Waals surface area (Å²) in [7, 11) is 0. The molecule has 12 heteroatoms. The Hall–Kier alpha value is -3.93. The number of benzene rings is 2. The molecule has 0 aliphatic carbocycles. The maximum atomic E-state index is 15.8. The van der Waals surface area contributed by atoms with Crippen LogP contribution in [0, 0.1) is 39.4 Å². The van der Waals surface area contributed by atoms with Crippen molar-refractivity contribution in [3.05, 3.63) is 85.6 Å². The summed E-state index contributed by atoms with van der Waals surface area (Å²) in [5.41, 5.74) is 1.16. The highest BCUT2D eigenvalue weighted by molar-refractivity contribution is 5.82. The van der Waals surface area contributed by atoms with Crippen molar-refractivity contribution in [2.24, 2.45) is 5.92 Å². The van der Waals surface area contributed by atoms with Crippen molar-refractivity contribution in [1.29, 1.82) is 0 Å². The number of likely N-dealkylation sites (tertiary alicyclic amines) is 1. The molecule has 2 atom stereocenters. The van der Waals surface area contributed by atoms with Crippen LogP contribution in [0.4, 0.5) is 22.0 Å². The van der Waals surface area contributed by atoms with Gasteiger partial charge in [-0.3, -0.25) is 19.3 Å². The van der Waals surface area contributed by atoms with Gasteiger partial charge in [-0.15, -0.1) is 0 Å². The zero-order valence-electron chi connectivity index (χ0n) is 28.8. The number of alkyl halides is 4. The quantitative estimate of drug-likeness (QED) is 0.175. The van der Waals surface area contributed by atoms with Gasteiger partial charge in [0.2, 0.25) is 0 Å². The van der Waals surface area contributed by atoms with Crippen LogP contribution in [0.15, 0.2) is 35.1 Å². The van der Waals surface area contributed by atoms with Crippen LogP contribution in [0.1, 0.15) is 90.6 Å². The van der Waals surface area contributed by atoms with Crippen LogP contribution in [0.25, 0.3) is 11.1 Å². The number of carbonyl (C=O) groups excluding carboxylic acids is 1. The first kappa shape index (κ1) is 37.9. The number of halogens is 5. The van der Waals surface area contributed by atoms with Crippen LogP contribution >= 0.6 is 0 Å². The van der Waals surface area contributed by atoms with Crippen molar-refractivity contribution < 1.29 is 36.6 Å². The van der Waals surface area contributed by atoms with E-state index in [2.05, 4.69) is 5.10 Å². The standard InChI is InChI=1S/C37H44F5N3O4/c1-20(2)14-31(45-36(49)24(6)23(5)30(43-45)12-13-44-18-27(38)19-44)32(46)11-10-25(17-33(47)48)28-15-26(16-29(35(28)39)37(40,41)42)34-21(3)8-7-9-22(34)4/h7-9,15-16,20,25,27,31H,10-14,17-19H2,1-6H3,(H,47,48)/t25-,31-/m0/s1. The summed E-state index contributed by atoms with van der Waals surface area (Å²) in [6.45, 7) is 11.8. The molecule has 1 fully saturated rings. The zero-order valence-corrected chi connectivity index (χ0v) is 28.8. The molecule has 0 saturated carbocycles. The molecule has 0 bridgehead atoms. The van der Waals surface area contributed by atoms with Crippen molar-refractivity contribution >= 4 is 11.8 Å². The Kier molecular flexibility index (Phi) is 11.8. The van der Waals surface area contributed by atoms with Gasteiger partial charge in [0.05, 0.1) is 17.7 Å². The minimum absolute atomic E-state index is 0.0640. The fourth-order valence-corrected chi connectivity index (χ4v) is 6.64. The van der Waals surface area contributed by atoms with Gasteiger partial charge in [0.25, 0.3) is 5.56 Å². The smallest absolute Gasteiger partial charge is 0.419 e. The van der Waals surface area contributed by atoms with Crippen LogP contribution in [-0.2, 0) is 22.2 Å². The maximum Gasteiger partial charge on any atom is 0.419 e. The molecular formula is C37H44F5N3O4. The Morgan fingerprint density at radius 3 is 2.22 bits per heavy atom. The van der Waals surface area contributed by atoms with Crippen LogP contribution in [0.3, 0.4) is 0 Å². The number of aliphatic carboxylic acids is 1. The lowest BCUT2D eigenvalue weighted by atomic mass is 9.84. The molecule has 7 nitrogen and oxygen atoms in total. The summed E-state index contributed by atoms with van der Waals surface area (Å²) in [5.74, 6) is -4.73. The second-order valence-electron chi connectivity index (χ2n) is 13.7. The first-order valence-electron chi connectivity index (χ1n) is 16.6. The largest absolute Gasteiger partial charge is 0.481 e. The minimum Gasteiger partial charge on any atom is -0.481 e. The zero-order chi connectivity index (χ0) is 36.4. The van der Waals surface area contributed by atoms with Gasteiger partial charge in [-0.25, -0.2) is 13.5 Å². The molecule has 1 aliphatic rings. The van der Waals surface area contributed by atoms with Crippen LogP contribution in [0.2, 0.25) is 0 Å². The highest BCUT2D eigenvalue weighted by Gasteiger charge is 2.38. The number of aryl methyl sites for hydroxylation is 2. The lowest BCUT2D eigenvalue weighted by Crippen LogP contribution is -2.49. The van der Waals surface area contributed by atoms with Gasteiger partial charge >= 0.3 is 12.1 Å². The molecule has 3 aromatic rings. The molecule has 0 radical (unpaired) electrons. The molecule has 2 heterocycles. The average Bonchev–Trinajstić information content (AvgIpc) is 2.99. The molecule has 1 N–H and O–H groups in total. The van der Waals surface area contributed by atoms with Crippen LogP contribution in [-0.4, -0.2) is 57.3 Å². The Morgan fingerprint density at radius 2 is 1.67 bits per heavy atom. The van der Waals surface area contributed by atoms with E-state index in [4.69, 9.17) is 0 Å². The lowest BCUT2D eigenvalue weighted by Gasteiger charge is -2.34. The summed E-state index contributed by atoms with van der Waals surface area (Å²) >= 11 is 0. The second-order valence-corrected chi connectivity index (χ2v) is 13.7. The van der Waals surface area contributed by atoms with E-state index in [1.54, 1.807) is 45.9 Å². The minimum atomic E-state index is -5.06. The topological polar surface area (TPSA) is 92.5 Å². The monoisotopic (exact) mass is 689 g/mol. The molecule has 1 aliphatic heterocycles. The third-order valence-electron chi connectivity index (χ3n) is 9.47. The van der Waals surface area contributed by atoms with Gasteiger partial charge in [0, 0.05) is 38.0 Å². The summed E-state index contributed by atoms with van der Waals surface area (Å²) in [4.78, 5) is 41.3. The third kappa shape index (κ3) is 8.81. The lowest BCUT2D eigenvalue weighted by molar-refractivity contribution is -0.140. The highest BCUT2D eigenvalue weighted by atomic mass is 19.4. The van der Waals surface area contributed by atoms with Gasteiger partial charge < -0.3 is 5.11 Å². The molecule has 49 heavy (non-hydrogen) atoms. The van der Waals surface area contributed by atoms with Crippen molar-refractivity contribution in [3.8, 4) is 11.1 Å². The second kappa shape index (κ2) is 15.3. The molecule has 0 amide bonds. The number of nitrogens with zero attached hydrogens (tertiary/aromatic N) is 3.